The molecule has 0 aliphatic heterocycles. The lowest BCUT2D eigenvalue weighted by atomic mass is 10.2. The Morgan fingerprint density at radius 3 is 2.38 bits per heavy atom. The summed E-state index contributed by atoms with van der Waals surface area (Å²) in [6.45, 7) is -0.607. The molecule has 0 saturated heterocycles. The van der Waals surface area contributed by atoms with Crippen molar-refractivity contribution < 1.29 is 18.3 Å². The van der Waals surface area contributed by atoms with Crippen LogP contribution in [0.25, 0.3) is 0 Å². The van der Waals surface area contributed by atoms with Gasteiger partial charge in [0.2, 0.25) is 15.9 Å². The molecule has 0 unspecified atom stereocenters. The van der Waals surface area contributed by atoms with Crippen LogP contribution < -0.4 is 5.32 Å². The number of carbonyl (C=O) groups is 1. The van der Waals surface area contributed by atoms with Gasteiger partial charge in [-0.3, -0.25) is 4.79 Å². The monoisotopic (exact) mass is 416 g/mol. The van der Waals surface area contributed by atoms with Crippen LogP contribution in [-0.4, -0.2) is 43.4 Å². The molecule has 0 aliphatic rings. The predicted octanol–water partition coefficient (Wildman–Crippen LogP) is 2.29. The number of aliphatic hydroxyl groups is 1. The zero-order valence-electron chi connectivity index (χ0n) is 13.7. The van der Waals surface area contributed by atoms with Crippen molar-refractivity contribution in [2.45, 2.75) is 11.4 Å². The normalized spacial score (nSPS) is 11.5. The number of benzene rings is 2. The first-order valence-corrected chi connectivity index (χ1v) is 9.90. The molecule has 0 heterocycles. The molecule has 140 valence electrons. The van der Waals surface area contributed by atoms with Crippen LogP contribution in [0.2, 0.25) is 10.0 Å². The molecule has 0 fully saturated rings. The lowest BCUT2D eigenvalue weighted by Crippen LogP contribution is -2.41. The summed E-state index contributed by atoms with van der Waals surface area (Å²) in [5.41, 5.74) is 0.644. The van der Waals surface area contributed by atoms with E-state index < -0.39 is 22.5 Å². The highest BCUT2D eigenvalue weighted by Crippen LogP contribution is 2.21. The molecule has 0 aliphatic carbocycles. The highest BCUT2D eigenvalue weighted by molar-refractivity contribution is 7.89. The standard InChI is InChI=1S/C17H18Cl2N2O4S/c18-14-4-6-16(7-5-14)26(24,25)21(12-17(23)20-8-9-22)11-13-2-1-3-15(19)10-13/h1-7,10,22H,8-9,11-12H2,(H,20,23). The number of halogens is 2. The largest absolute Gasteiger partial charge is 0.395 e. The van der Waals surface area contributed by atoms with E-state index in [1.54, 1.807) is 24.3 Å². The number of nitrogens with one attached hydrogen (secondary N) is 1. The van der Waals surface area contributed by atoms with Crippen LogP contribution in [0.4, 0.5) is 0 Å². The topological polar surface area (TPSA) is 86.7 Å². The molecule has 0 radical (unpaired) electrons. The molecule has 6 nitrogen and oxygen atoms in total. The molecule has 2 N–H and O–H groups in total. The van der Waals surface area contributed by atoms with Gasteiger partial charge in [0.1, 0.15) is 0 Å². The molecular formula is C17H18Cl2N2O4S. The zero-order valence-corrected chi connectivity index (χ0v) is 16.1. The molecule has 1 amide bonds. The van der Waals surface area contributed by atoms with Crippen molar-refractivity contribution in [3.63, 3.8) is 0 Å². The second kappa shape index (κ2) is 9.34. The average Bonchev–Trinajstić information content (AvgIpc) is 2.60. The lowest BCUT2D eigenvalue weighted by Gasteiger charge is -2.22. The SMILES string of the molecule is O=C(CN(Cc1cccc(Cl)c1)S(=O)(=O)c1ccc(Cl)cc1)NCCO. The van der Waals surface area contributed by atoms with Crippen molar-refractivity contribution in [3.8, 4) is 0 Å². The fraction of sp³-hybridized carbons (Fsp3) is 0.235. The van der Waals surface area contributed by atoms with Crippen LogP contribution >= 0.6 is 23.2 Å². The Labute approximate surface area is 162 Å². The van der Waals surface area contributed by atoms with Gasteiger partial charge in [0.25, 0.3) is 0 Å². The Kier molecular flexibility index (Phi) is 7.43. The van der Waals surface area contributed by atoms with Crippen LogP contribution in [0.5, 0.6) is 0 Å². The van der Waals surface area contributed by atoms with Gasteiger partial charge in [-0.05, 0) is 42.0 Å². The van der Waals surface area contributed by atoms with E-state index in [0.717, 1.165) is 4.31 Å². The Morgan fingerprint density at radius 2 is 1.77 bits per heavy atom. The molecule has 9 heteroatoms. The van der Waals surface area contributed by atoms with Crippen molar-refractivity contribution in [2.24, 2.45) is 0 Å². The molecule has 2 rings (SSSR count). The average molecular weight is 417 g/mol. The number of rotatable bonds is 8. The predicted molar refractivity (Wildman–Crippen MR) is 101 cm³/mol. The molecular weight excluding hydrogens is 399 g/mol. The van der Waals surface area contributed by atoms with Gasteiger partial charge < -0.3 is 10.4 Å². The second-order valence-corrected chi connectivity index (χ2v) is 8.24. The molecule has 0 atom stereocenters. The maximum Gasteiger partial charge on any atom is 0.243 e. The van der Waals surface area contributed by atoms with Gasteiger partial charge in [0.05, 0.1) is 18.0 Å². The highest BCUT2D eigenvalue weighted by Gasteiger charge is 2.27. The van der Waals surface area contributed by atoms with Gasteiger partial charge in [0.15, 0.2) is 0 Å². The first kappa shape index (κ1) is 20.7. The third kappa shape index (κ3) is 5.69. The van der Waals surface area contributed by atoms with Crippen LogP contribution in [0.1, 0.15) is 5.56 Å². The minimum atomic E-state index is -3.94. The fourth-order valence-electron chi connectivity index (χ4n) is 2.23. The van der Waals surface area contributed by atoms with Gasteiger partial charge in [-0.25, -0.2) is 8.42 Å². The maximum atomic E-state index is 13.0. The van der Waals surface area contributed by atoms with E-state index in [0.29, 0.717) is 15.6 Å². The Balaban J connectivity index is 2.32. The summed E-state index contributed by atoms with van der Waals surface area (Å²) in [7, 11) is -3.94. The van der Waals surface area contributed by atoms with Gasteiger partial charge in [-0.1, -0.05) is 35.3 Å². The van der Waals surface area contributed by atoms with E-state index >= 15 is 0 Å². The minimum Gasteiger partial charge on any atom is -0.395 e. The number of hydrogen-bond acceptors (Lipinski definition) is 4. The summed E-state index contributed by atoms with van der Waals surface area (Å²) in [4.78, 5) is 12.1. The number of nitrogens with zero attached hydrogens (tertiary/aromatic N) is 1. The van der Waals surface area contributed by atoms with Gasteiger partial charge in [0, 0.05) is 23.1 Å². The Bertz CT molecular complexity index is 857. The van der Waals surface area contributed by atoms with Crippen molar-refractivity contribution in [3.05, 3.63) is 64.1 Å². The minimum absolute atomic E-state index is 0.0267. The van der Waals surface area contributed by atoms with E-state index in [9.17, 15) is 13.2 Å². The lowest BCUT2D eigenvalue weighted by molar-refractivity contribution is -0.121. The van der Waals surface area contributed by atoms with Gasteiger partial charge in [-0.15, -0.1) is 0 Å². The first-order valence-electron chi connectivity index (χ1n) is 7.70. The van der Waals surface area contributed by atoms with Crippen molar-refractivity contribution in [2.75, 3.05) is 19.7 Å². The summed E-state index contributed by atoms with van der Waals surface area (Å²) in [5, 5.41) is 12.1. The summed E-state index contributed by atoms with van der Waals surface area (Å²) in [6.07, 6.45) is 0. The third-order valence-corrected chi connectivity index (χ3v) is 5.75. The van der Waals surface area contributed by atoms with Crippen LogP contribution in [-0.2, 0) is 21.4 Å². The molecule has 0 aromatic heterocycles. The quantitative estimate of drug-likeness (QED) is 0.690. The number of sulfonamides is 1. The second-order valence-electron chi connectivity index (χ2n) is 5.43. The zero-order chi connectivity index (χ0) is 19.2. The van der Waals surface area contributed by atoms with E-state index in [4.69, 9.17) is 28.3 Å². The van der Waals surface area contributed by atoms with E-state index in [-0.39, 0.29) is 24.6 Å². The van der Waals surface area contributed by atoms with E-state index in [1.165, 1.54) is 24.3 Å². The smallest absolute Gasteiger partial charge is 0.243 e. The summed E-state index contributed by atoms with van der Waals surface area (Å²) < 4.78 is 27.0. The van der Waals surface area contributed by atoms with E-state index in [1.807, 2.05) is 0 Å². The molecule has 2 aromatic carbocycles. The first-order chi connectivity index (χ1) is 12.3. The molecule has 2 aromatic rings. The fourth-order valence-corrected chi connectivity index (χ4v) is 3.96. The number of carbonyl (C=O) groups excluding carboxylic acids is 1. The summed E-state index contributed by atoms with van der Waals surface area (Å²) in [6, 6.07) is 12.4. The van der Waals surface area contributed by atoms with E-state index in [2.05, 4.69) is 5.32 Å². The molecule has 0 saturated carbocycles. The number of hydrogen-bond donors (Lipinski definition) is 2. The van der Waals surface area contributed by atoms with Crippen molar-refractivity contribution >= 4 is 39.1 Å². The Hall–Kier alpha value is -1.64. The molecule has 0 bridgehead atoms. The maximum absolute atomic E-state index is 13.0. The summed E-state index contributed by atoms with van der Waals surface area (Å²) >= 11 is 11.8. The number of amides is 1. The molecule has 26 heavy (non-hydrogen) atoms. The van der Waals surface area contributed by atoms with Crippen LogP contribution in [0, 0.1) is 0 Å². The van der Waals surface area contributed by atoms with Crippen molar-refractivity contribution in [1.82, 2.24) is 9.62 Å². The van der Waals surface area contributed by atoms with Crippen LogP contribution in [0.15, 0.2) is 53.4 Å². The Morgan fingerprint density at radius 1 is 1.08 bits per heavy atom. The van der Waals surface area contributed by atoms with Gasteiger partial charge >= 0.3 is 0 Å². The van der Waals surface area contributed by atoms with Gasteiger partial charge in [-0.2, -0.15) is 4.31 Å². The van der Waals surface area contributed by atoms with Crippen LogP contribution in [0.3, 0.4) is 0 Å². The highest BCUT2D eigenvalue weighted by atomic mass is 35.5. The summed E-state index contributed by atoms with van der Waals surface area (Å²) in [5.74, 6) is -0.515. The third-order valence-electron chi connectivity index (χ3n) is 3.45. The van der Waals surface area contributed by atoms with Crippen molar-refractivity contribution in [1.29, 1.82) is 0 Å². The molecule has 0 spiro atoms. The number of aliphatic hydroxyl groups excluding tert-OH is 1.